The van der Waals surface area contributed by atoms with Crippen LogP contribution in [-0.2, 0) is 0 Å². The van der Waals surface area contributed by atoms with Crippen LogP contribution in [0.2, 0.25) is 0 Å². The molecular weight excluding hydrogens is 414 g/mol. The molecule has 0 aliphatic carbocycles. The van der Waals surface area contributed by atoms with Gasteiger partial charge in [0, 0.05) is 31.4 Å². The average Bonchev–Trinajstić information content (AvgIpc) is 3.13. The molecule has 0 fully saturated rings. The van der Waals surface area contributed by atoms with E-state index >= 15 is 0 Å². The number of benzene rings is 1. The van der Waals surface area contributed by atoms with E-state index in [2.05, 4.69) is 20.6 Å². The van der Waals surface area contributed by atoms with E-state index in [1.54, 1.807) is 42.4 Å². The Morgan fingerprint density at radius 1 is 1.10 bits per heavy atom. The molecule has 0 saturated heterocycles. The third-order valence-corrected chi connectivity index (χ3v) is 5.96. The molecule has 1 aliphatic rings. The van der Waals surface area contributed by atoms with Crippen molar-refractivity contribution in [3.63, 3.8) is 0 Å². The number of nitrogens with zero attached hydrogens (tertiary/aromatic N) is 5. The van der Waals surface area contributed by atoms with Gasteiger partial charge in [0.1, 0.15) is 10.7 Å². The van der Waals surface area contributed by atoms with Crippen LogP contribution in [0.15, 0.2) is 30.5 Å². The smallest absolute Gasteiger partial charge is 0.280 e. The minimum absolute atomic E-state index is 0.145. The zero-order chi connectivity index (χ0) is 22.1. The molecule has 10 heteroatoms. The van der Waals surface area contributed by atoms with E-state index in [-0.39, 0.29) is 11.8 Å². The first-order valence-electron chi connectivity index (χ1n) is 9.99. The van der Waals surface area contributed by atoms with E-state index in [9.17, 15) is 9.59 Å². The number of aromatic nitrogens is 3. The second-order valence-electron chi connectivity index (χ2n) is 6.86. The fourth-order valence-corrected chi connectivity index (χ4v) is 4.45. The number of fused-ring (bicyclic) bond motifs is 2. The lowest BCUT2D eigenvalue weighted by Gasteiger charge is -2.24. The fraction of sp³-hybridized carbons (Fsp3) is 0.286. The Bertz CT molecular complexity index is 1140. The van der Waals surface area contributed by atoms with Crippen molar-refractivity contribution < 1.29 is 9.59 Å². The third kappa shape index (κ3) is 3.70. The van der Waals surface area contributed by atoms with Crippen LogP contribution in [0, 0.1) is 6.92 Å². The standard InChI is InChI=1S/C21H23N7O2S/c1-5-27-15-11-23-21(25-14-9-7-13(8-10-14)18(29)22-4)26-17(15)28(6-2)20-16(19(27)30)24-12(3)31-20/h7-11H,5-6H2,1-4H3,(H,22,29)(H,23,25,26). The number of hydrogen-bond acceptors (Lipinski definition) is 8. The van der Waals surface area contributed by atoms with Crippen molar-refractivity contribution in [3.8, 4) is 0 Å². The minimum Gasteiger partial charge on any atom is -0.355 e. The van der Waals surface area contributed by atoms with Gasteiger partial charge in [-0.2, -0.15) is 4.98 Å². The molecule has 4 rings (SSSR count). The predicted octanol–water partition coefficient (Wildman–Crippen LogP) is 3.48. The highest BCUT2D eigenvalue weighted by Crippen LogP contribution is 2.42. The number of thiazole rings is 1. The van der Waals surface area contributed by atoms with Crippen LogP contribution in [0.4, 0.5) is 28.1 Å². The summed E-state index contributed by atoms with van der Waals surface area (Å²) in [7, 11) is 1.60. The summed E-state index contributed by atoms with van der Waals surface area (Å²) in [6, 6.07) is 7.05. The first-order valence-corrected chi connectivity index (χ1v) is 10.8. The molecule has 3 aromatic rings. The molecule has 160 valence electrons. The summed E-state index contributed by atoms with van der Waals surface area (Å²) in [6.45, 7) is 6.94. The van der Waals surface area contributed by atoms with Crippen molar-refractivity contribution in [2.75, 3.05) is 35.3 Å². The zero-order valence-electron chi connectivity index (χ0n) is 17.8. The summed E-state index contributed by atoms with van der Waals surface area (Å²) in [6.07, 6.45) is 1.66. The third-order valence-electron chi connectivity index (χ3n) is 4.97. The number of hydrogen-bond donors (Lipinski definition) is 2. The van der Waals surface area contributed by atoms with Gasteiger partial charge in [0.2, 0.25) is 5.95 Å². The molecule has 0 unspecified atom stereocenters. The van der Waals surface area contributed by atoms with Crippen molar-refractivity contribution in [2.45, 2.75) is 20.8 Å². The molecule has 0 atom stereocenters. The quantitative estimate of drug-likeness (QED) is 0.630. The molecule has 0 radical (unpaired) electrons. The Hall–Kier alpha value is -3.53. The zero-order valence-corrected chi connectivity index (χ0v) is 18.6. The second kappa shape index (κ2) is 8.31. The van der Waals surface area contributed by atoms with Crippen LogP contribution in [0.25, 0.3) is 0 Å². The summed E-state index contributed by atoms with van der Waals surface area (Å²) < 4.78 is 0. The molecule has 0 bridgehead atoms. The monoisotopic (exact) mass is 437 g/mol. The minimum atomic E-state index is -0.147. The lowest BCUT2D eigenvalue weighted by Crippen LogP contribution is -2.30. The van der Waals surface area contributed by atoms with Gasteiger partial charge in [-0.3, -0.25) is 9.59 Å². The van der Waals surface area contributed by atoms with Crippen LogP contribution >= 0.6 is 11.3 Å². The van der Waals surface area contributed by atoms with Gasteiger partial charge in [-0.05, 0) is 45.0 Å². The molecule has 2 amide bonds. The SMILES string of the molecule is CCN1C(=O)c2nc(C)sc2N(CC)c2nc(Nc3ccc(C(=O)NC)cc3)ncc21. The Morgan fingerprint density at radius 2 is 1.81 bits per heavy atom. The summed E-state index contributed by atoms with van der Waals surface area (Å²) in [4.78, 5) is 42.2. The van der Waals surface area contributed by atoms with E-state index in [0.29, 0.717) is 41.8 Å². The van der Waals surface area contributed by atoms with E-state index < -0.39 is 0 Å². The van der Waals surface area contributed by atoms with Crippen LogP contribution in [0.5, 0.6) is 0 Å². The Balaban J connectivity index is 1.73. The molecule has 9 nitrogen and oxygen atoms in total. The van der Waals surface area contributed by atoms with Gasteiger partial charge in [0.05, 0.1) is 11.2 Å². The van der Waals surface area contributed by atoms with Crippen LogP contribution in [0.1, 0.15) is 39.7 Å². The molecule has 1 aliphatic heterocycles. The summed E-state index contributed by atoms with van der Waals surface area (Å²) in [5, 5.41) is 7.41. The summed E-state index contributed by atoms with van der Waals surface area (Å²) in [5.41, 5.74) is 2.42. The van der Waals surface area contributed by atoms with E-state index in [0.717, 1.165) is 15.7 Å². The van der Waals surface area contributed by atoms with Gasteiger partial charge in [0.25, 0.3) is 11.8 Å². The van der Waals surface area contributed by atoms with E-state index in [1.165, 1.54) is 11.3 Å². The van der Waals surface area contributed by atoms with Gasteiger partial charge in [-0.1, -0.05) is 0 Å². The maximum Gasteiger partial charge on any atom is 0.280 e. The molecule has 0 spiro atoms. The molecule has 3 heterocycles. The van der Waals surface area contributed by atoms with Gasteiger partial charge >= 0.3 is 0 Å². The summed E-state index contributed by atoms with van der Waals surface area (Å²) in [5.74, 6) is 0.761. The maximum atomic E-state index is 13.1. The number of aryl methyl sites for hydroxylation is 1. The van der Waals surface area contributed by atoms with Crippen molar-refractivity contribution in [1.82, 2.24) is 20.3 Å². The van der Waals surface area contributed by atoms with Gasteiger partial charge < -0.3 is 20.4 Å². The molecule has 31 heavy (non-hydrogen) atoms. The topological polar surface area (TPSA) is 103 Å². The number of rotatable bonds is 5. The second-order valence-corrected chi connectivity index (χ2v) is 8.05. The van der Waals surface area contributed by atoms with E-state index in [4.69, 9.17) is 4.98 Å². The van der Waals surface area contributed by atoms with E-state index in [1.807, 2.05) is 25.7 Å². The molecule has 2 aromatic heterocycles. The number of anilines is 5. The van der Waals surface area contributed by atoms with Gasteiger partial charge in [0.15, 0.2) is 11.5 Å². The highest BCUT2D eigenvalue weighted by atomic mass is 32.1. The van der Waals surface area contributed by atoms with Crippen molar-refractivity contribution in [1.29, 1.82) is 0 Å². The van der Waals surface area contributed by atoms with Gasteiger partial charge in [-0.25, -0.2) is 9.97 Å². The lowest BCUT2D eigenvalue weighted by atomic mass is 10.2. The predicted molar refractivity (Wildman–Crippen MR) is 122 cm³/mol. The number of carbonyl (C=O) groups is 2. The highest BCUT2D eigenvalue weighted by Gasteiger charge is 2.34. The number of carbonyl (C=O) groups excluding carboxylic acids is 2. The van der Waals surface area contributed by atoms with Crippen LogP contribution in [-0.4, -0.2) is 46.9 Å². The number of amides is 2. The Morgan fingerprint density at radius 3 is 2.45 bits per heavy atom. The normalized spacial score (nSPS) is 12.8. The fourth-order valence-electron chi connectivity index (χ4n) is 3.47. The van der Waals surface area contributed by atoms with Crippen LogP contribution in [0.3, 0.4) is 0 Å². The first kappa shape index (κ1) is 20.7. The largest absolute Gasteiger partial charge is 0.355 e. The highest BCUT2D eigenvalue weighted by molar-refractivity contribution is 7.16. The van der Waals surface area contributed by atoms with Crippen molar-refractivity contribution >= 4 is 51.3 Å². The maximum absolute atomic E-state index is 13.1. The van der Waals surface area contributed by atoms with Crippen molar-refractivity contribution in [2.24, 2.45) is 0 Å². The molecule has 1 aromatic carbocycles. The summed E-state index contributed by atoms with van der Waals surface area (Å²) >= 11 is 1.48. The molecular formula is C21H23N7O2S. The lowest BCUT2D eigenvalue weighted by molar-refractivity contribution is 0.0960. The Kier molecular flexibility index (Phi) is 5.55. The first-order chi connectivity index (χ1) is 15.0. The number of nitrogens with one attached hydrogen (secondary N) is 2. The average molecular weight is 438 g/mol. The Labute approximate surface area is 184 Å². The van der Waals surface area contributed by atoms with Crippen molar-refractivity contribution in [3.05, 3.63) is 46.7 Å². The van der Waals surface area contributed by atoms with Gasteiger partial charge in [-0.15, -0.1) is 11.3 Å². The van der Waals surface area contributed by atoms with Crippen LogP contribution < -0.4 is 20.4 Å². The molecule has 0 saturated carbocycles. The molecule has 2 N–H and O–H groups in total.